The summed E-state index contributed by atoms with van der Waals surface area (Å²) in [5.74, 6) is -0.753. The maximum atomic E-state index is 12.0. The van der Waals surface area contributed by atoms with Crippen molar-refractivity contribution in [1.29, 1.82) is 5.26 Å². The van der Waals surface area contributed by atoms with Crippen molar-refractivity contribution in [3.63, 3.8) is 0 Å². The van der Waals surface area contributed by atoms with E-state index in [1.54, 1.807) is 24.3 Å². The molecule has 21 heavy (non-hydrogen) atoms. The van der Waals surface area contributed by atoms with Gasteiger partial charge in [0.25, 0.3) is 5.91 Å². The summed E-state index contributed by atoms with van der Waals surface area (Å²) >= 11 is 0. The largest absolute Gasteiger partial charge is 0.292 e. The normalized spacial score (nSPS) is 16.7. The number of carbonyl (C=O) groups excluding carboxylic acids is 2. The van der Waals surface area contributed by atoms with Crippen LogP contribution >= 0.6 is 0 Å². The Bertz CT molecular complexity index is 527. The highest BCUT2D eigenvalue weighted by Gasteiger charge is 2.26. The third kappa shape index (κ3) is 4.42. The van der Waals surface area contributed by atoms with Gasteiger partial charge in [0.05, 0.1) is 12.0 Å². The Kier molecular flexibility index (Phi) is 5.51. The fourth-order valence-corrected chi connectivity index (χ4v) is 2.89. The molecule has 4 nitrogen and oxygen atoms in total. The van der Waals surface area contributed by atoms with E-state index < -0.39 is 5.91 Å². The number of carbonyl (C=O) groups is 2. The van der Waals surface area contributed by atoms with Crippen LogP contribution in [0.1, 0.15) is 48.9 Å². The van der Waals surface area contributed by atoms with Crippen molar-refractivity contribution in [2.75, 3.05) is 0 Å². The number of imide groups is 1. The second kappa shape index (κ2) is 7.58. The predicted octanol–water partition coefficient (Wildman–Crippen LogP) is 3.05. The summed E-state index contributed by atoms with van der Waals surface area (Å²) in [5, 5.41) is 11.6. The smallest absolute Gasteiger partial charge is 0.257 e. The van der Waals surface area contributed by atoms with Gasteiger partial charge in [0.15, 0.2) is 0 Å². The second-order valence-electron chi connectivity index (χ2n) is 5.58. The van der Waals surface area contributed by atoms with Crippen molar-refractivity contribution >= 4 is 11.8 Å². The minimum atomic E-state index is -0.402. The highest BCUT2D eigenvalue weighted by atomic mass is 16.2. The van der Waals surface area contributed by atoms with Crippen molar-refractivity contribution < 1.29 is 9.59 Å². The van der Waals surface area contributed by atoms with E-state index in [9.17, 15) is 14.9 Å². The van der Waals surface area contributed by atoms with Crippen LogP contribution in [-0.2, 0) is 4.79 Å². The topological polar surface area (TPSA) is 70.0 Å². The van der Waals surface area contributed by atoms with Crippen LogP contribution in [0.25, 0.3) is 0 Å². The number of benzene rings is 1. The molecule has 1 unspecified atom stereocenters. The van der Waals surface area contributed by atoms with Gasteiger partial charge in [0.2, 0.25) is 5.91 Å². The predicted molar refractivity (Wildman–Crippen MR) is 79.2 cm³/mol. The van der Waals surface area contributed by atoms with Crippen molar-refractivity contribution in [3.8, 4) is 6.07 Å². The molecule has 0 saturated heterocycles. The van der Waals surface area contributed by atoms with Crippen LogP contribution in [0.3, 0.4) is 0 Å². The zero-order chi connectivity index (χ0) is 15.1. The minimum Gasteiger partial charge on any atom is -0.292 e. The van der Waals surface area contributed by atoms with Crippen molar-refractivity contribution in [1.82, 2.24) is 5.32 Å². The lowest BCUT2D eigenvalue weighted by Gasteiger charge is -2.25. The fraction of sp³-hybridized carbons (Fsp3) is 0.471. The molecule has 2 amide bonds. The Morgan fingerprint density at radius 3 is 2.48 bits per heavy atom. The van der Waals surface area contributed by atoms with Gasteiger partial charge in [-0.15, -0.1) is 0 Å². The molecule has 1 saturated carbocycles. The molecule has 110 valence electrons. The highest BCUT2D eigenvalue weighted by molar-refractivity contribution is 6.04. The highest BCUT2D eigenvalue weighted by Crippen LogP contribution is 2.31. The van der Waals surface area contributed by atoms with E-state index in [1.165, 1.54) is 6.42 Å². The van der Waals surface area contributed by atoms with Crippen LogP contribution in [0.2, 0.25) is 0 Å². The van der Waals surface area contributed by atoms with Gasteiger partial charge in [-0.3, -0.25) is 14.9 Å². The molecule has 1 fully saturated rings. The zero-order valence-corrected chi connectivity index (χ0v) is 12.0. The van der Waals surface area contributed by atoms with Crippen molar-refractivity contribution in [2.45, 2.75) is 38.5 Å². The quantitative estimate of drug-likeness (QED) is 0.923. The average molecular weight is 284 g/mol. The first-order chi connectivity index (χ1) is 10.2. The van der Waals surface area contributed by atoms with Gasteiger partial charge in [-0.2, -0.15) is 5.26 Å². The van der Waals surface area contributed by atoms with Crippen LogP contribution in [-0.4, -0.2) is 11.8 Å². The Morgan fingerprint density at radius 1 is 1.19 bits per heavy atom. The Hall–Kier alpha value is -2.15. The lowest BCUT2D eigenvalue weighted by atomic mass is 9.79. The molecule has 0 aromatic heterocycles. The van der Waals surface area contributed by atoms with Gasteiger partial charge in [0.1, 0.15) is 0 Å². The van der Waals surface area contributed by atoms with Gasteiger partial charge >= 0.3 is 0 Å². The van der Waals surface area contributed by atoms with Crippen LogP contribution in [0.5, 0.6) is 0 Å². The van der Waals surface area contributed by atoms with Gasteiger partial charge in [-0.25, -0.2) is 0 Å². The van der Waals surface area contributed by atoms with Crippen LogP contribution in [0.4, 0.5) is 0 Å². The molecule has 1 aliphatic carbocycles. The molecule has 1 aromatic rings. The number of hydrogen-bond donors (Lipinski definition) is 1. The minimum absolute atomic E-state index is 0.111. The number of amides is 2. The van der Waals surface area contributed by atoms with Gasteiger partial charge in [-0.1, -0.05) is 37.5 Å². The molecule has 0 spiro atoms. The lowest BCUT2D eigenvalue weighted by Crippen LogP contribution is -2.33. The summed E-state index contributed by atoms with van der Waals surface area (Å²) in [7, 11) is 0. The van der Waals surface area contributed by atoms with Gasteiger partial charge in [-0.05, 0) is 30.9 Å². The maximum Gasteiger partial charge on any atom is 0.257 e. The summed E-state index contributed by atoms with van der Waals surface area (Å²) in [6, 6.07) is 10.9. The summed E-state index contributed by atoms with van der Waals surface area (Å²) in [6.45, 7) is 0. The van der Waals surface area contributed by atoms with E-state index in [1.807, 2.05) is 6.07 Å². The number of nitrogens with one attached hydrogen (secondary N) is 1. The first-order valence-electron chi connectivity index (χ1n) is 7.49. The van der Waals surface area contributed by atoms with E-state index >= 15 is 0 Å². The van der Waals surface area contributed by atoms with E-state index in [0.717, 1.165) is 25.7 Å². The number of nitriles is 1. The van der Waals surface area contributed by atoms with Gasteiger partial charge < -0.3 is 0 Å². The van der Waals surface area contributed by atoms with Crippen molar-refractivity contribution in [3.05, 3.63) is 35.9 Å². The summed E-state index contributed by atoms with van der Waals surface area (Å²) in [5.41, 5.74) is 0.456. The van der Waals surface area contributed by atoms with E-state index in [4.69, 9.17) is 0 Å². The third-order valence-corrected chi connectivity index (χ3v) is 4.08. The molecule has 1 atom stereocenters. The Morgan fingerprint density at radius 2 is 1.86 bits per heavy atom. The number of hydrogen-bond acceptors (Lipinski definition) is 3. The average Bonchev–Trinajstić information content (AvgIpc) is 2.54. The van der Waals surface area contributed by atoms with E-state index in [-0.39, 0.29) is 18.2 Å². The molecule has 1 aliphatic rings. The van der Waals surface area contributed by atoms with Crippen LogP contribution in [0, 0.1) is 23.2 Å². The van der Waals surface area contributed by atoms with Crippen LogP contribution < -0.4 is 5.32 Å². The Balaban J connectivity index is 1.88. The molecule has 2 rings (SSSR count). The molecule has 0 aliphatic heterocycles. The molecule has 0 bridgehead atoms. The summed E-state index contributed by atoms with van der Waals surface area (Å²) < 4.78 is 0. The third-order valence-electron chi connectivity index (χ3n) is 4.08. The standard InChI is InChI=1S/C17H20N2O2/c18-12-15(13-7-3-1-4-8-13)11-16(20)19-17(21)14-9-5-2-6-10-14/h2,5-6,9-10,13,15H,1,3-4,7-8,11H2,(H,19,20,21). The maximum absolute atomic E-state index is 12.0. The fourth-order valence-electron chi connectivity index (χ4n) is 2.89. The van der Waals surface area contributed by atoms with Crippen molar-refractivity contribution in [2.24, 2.45) is 11.8 Å². The summed E-state index contributed by atoms with van der Waals surface area (Å²) in [4.78, 5) is 23.8. The molecular weight excluding hydrogens is 264 g/mol. The Labute approximate surface area is 125 Å². The zero-order valence-electron chi connectivity index (χ0n) is 12.0. The molecule has 1 N–H and O–H groups in total. The molecule has 4 heteroatoms. The second-order valence-corrected chi connectivity index (χ2v) is 5.58. The summed E-state index contributed by atoms with van der Waals surface area (Å²) in [6.07, 6.45) is 5.62. The first-order valence-corrected chi connectivity index (χ1v) is 7.49. The van der Waals surface area contributed by atoms with Gasteiger partial charge in [0, 0.05) is 12.0 Å². The lowest BCUT2D eigenvalue weighted by molar-refractivity contribution is -0.121. The van der Waals surface area contributed by atoms with E-state index in [0.29, 0.717) is 11.5 Å². The van der Waals surface area contributed by atoms with Crippen LogP contribution in [0.15, 0.2) is 30.3 Å². The number of rotatable bonds is 4. The van der Waals surface area contributed by atoms with E-state index in [2.05, 4.69) is 11.4 Å². The molecule has 0 radical (unpaired) electrons. The monoisotopic (exact) mass is 284 g/mol. The molecule has 1 aromatic carbocycles. The number of nitrogens with zero attached hydrogens (tertiary/aromatic N) is 1. The SMILES string of the molecule is N#CC(CC(=O)NC(=O)c1ccccc1)C1CCCCC1. The molecular formula is C17H20N2O2. The first kappa shape index (κ1) is 15.2. The molecule has 0 heterocycles.